The van der Waals surface area contributed by atoms with Crippen LogP contribution in [0.4, 0.5) is 4.39 Å². The molecular weight excluding hydrogens is 400 g/mol. The zero-order valence-electron chi connectivity index (χ0n) is 12.1. The minimum Gasteiger partial charge on any atom is -0.370 e. The predicted octanol–water partition coefficient (Wildman–Crippen LogP) is 3.73. The highest BCUT2D eigenvalue weighted by Gasteiger charge is 2.11. The zero-order valence-corrected chi connectivity index (χ0v) is 15.3. The van der Waals surface area contributed by atoms with Crippen LogP contribution in [-0.4, -0.2) is 36.2 Å². The van der Waals surface area contributed by atoms with E-state index in [4.69, 9.17) is 5.73 Å². The summed E-state index contributed by atoms with van der Waals surface area (Å²) in [5.74, 6) is 1.48. The van der Waals surface area contributed by atoms with E-state index in [1.807, 2.05) is 12.1 Å². The molecule has 21 heavy (non-hydrogen) atoms. The molecule has 1 aromatic carbocycles. The second-order valence-electron chi connectivity index (χ2n) is 4.94. The molecule has 0 bridgehead atoms. The first-order valence-corrected chi connectivity index (χ1v) is 8.17. The summed E-state index contributed by atoms with van der Waals surface area (Å²) in [7, 11) is 0. The highest BCUT2D eigenvalue weighted by molar-refractivity contribution is 14.0. The van der Waals surface area contributed by atoms with Crippen LogP contribution in [0.25, 0.3) is 0 Å². The number of nitrogens with zero attached hydrogens (tertiary/aromatic N) is 2. The molecule has 3 nitrogen and oxygen atoms in total. The van der Waals surface area contributed by atoms with Gasteiger partial charge in [-0.2, -0.15) is 0 Å². The van der Waals surface area contributed by atoms with E-state index in [0.29, 0.717) is 5.96 Å². The van der Waals surface area contributed by atoms with E-state index in [2.05, 4.69) is 9.89 Å². The molecule has 0 aliphatic carbocycles. The highest BCUT2D eigenvalue weighted by atomic mass is 127. The van der Waals surface area contributed by atoms with Gasteiger partial charge in [-0.1, -0.05) is 0 Å². The van der Waals surface area contributed by atoms with Gasteiger partial charge in [-0.25, -0.2) is 4.39 Å². The topological polar surface area (TPSA) is 41.6 Å². The fourth-order valence-electron chi connectivity index (χ4n) is 2.20. The number of nitrogens with two attached hydrogens (primary N) is 1. The molecule has 118 valence electrons. The molecular formula is C15H23FIN3S. The van der Waals surface area contributed by atoms with Crippen LogP contribution in [0.2, 0.25) is 0 Å². The molecule has 1 aromatic rings. The van der Waals surface area contributed by atoms with Crippen molar-refractivity contribution in [1.82, 2.24) is 4.90 Å². The largest absolute Gasteiger partial charge is 0.370 e. The van der Waals surface area contributed by atoms with Crippen molar-refractivity contribution in [3.8, 4) is 0 Å². The van der Waals surface area contributed by atoms with E-state index >= 15 is 0 Å². The van der Waals surface area contributed by atoms with E-state index < -0.39 is 0 Å². The van der Waals surface area contributed by atoms with Gasteiger partial charge >= 0.3 is 0 Å². The first kappa shape index (κ1) is 18.5. The Balaban J connectivity index is 0.00000220. The predicted molar refractivity (Wildman–Crippen MR) is 99.1 cm³/mol. The molecule has 6 heteroatoms. The van der Waals surface area contributed by atoms with E-state index in [-0.39, 0.29) is 29.8 Å². The van der Waals surface area contributed by atoms with Gasteiger partial charge in [-0.3, -0.25) is 4.99 Å². The minimum atomic E-state index is -0.187. The highest BCUT2D eigenvalue weighted by Crippen LogP contribution is 2.18. The van der Waals surface area contributed by atoms with E-state index in [1.54, 1.807) is 11.8 Å². The lowest BCUT2D eigenvalue weighted by Crippen LogP contribution is -2.40. The SMILES string of the molecule is I.NC(=NCCCSc1ccc(F)cc1)N1CCCCC1. The van der Waals surface area contributed by atoms with Crippen LogP contribution in [-0.2, 0) is 0 Å². The smallest absolute Gasteiger partial charge is 0.191 e. The Hall–Kier alpha value is -0.500. The van der Waals surface area contributed by atoms with Gasteiger partial charge in [0.05, 0.1) is 0 Å². The van der Waals surface area contributed by atoms with Crippen molar-refractivity contribution in [2.75, 3.05) is 25.4 Å². The molecule has 0 saturated carbocycles. The number of rotatable bonds is 5. The summed E-state index contributed by atoms with van der Waals surface area (Å²) in [5, 5.41) is 0. The van der Waals surface area contributed by atoms with Crippen molar-refractivity contribution >= 4 is 41.7 Å². The third-order valence-electron chi connectivity index (χ3n) is 3.34. The molecule has 0 amide bonds. The van der Waals surface area contributed by atoms with Crippen LogP contribution in [0.3, 0.4) is 0 Å². The third kappa shape index (κ3) is 6.86. The minimum absolute atomic E-state index is 0. The maximum absolute atomic E-state index is 12.7. The van der Waals surface area contributed by atoms with Crippen molar-refractivity contribution in [3.05, 3.63) is 30.1 Å². The molecule has 1 heterocycles. The number of hydrogen-bond acceptors (Lipinski definition) is 2. The number of benzene rings is 1. The Morgan fingerprint density at radius 2 is 1.86 bits per heavy atom. The lowest BCUT2D eigenvalue weighted by atomic mass is 10.1. The van der Waals surface area contributed by atoms with E-state index in [0.717, 1.165) is 36.7 Å². The van der Waals surface area contributed by atoms with Gasteiger partial charge in [-0.15, -0.1) is 35.7 Å². The maximum Gasteiger partial charge on any atom is 0.191 e. The summed E-state index contributed by atoms with van der Waals surface area (Å²) >= 11 is 1.73. The number of hydrogen-bond donors (Lipinski definition) is 1. The Bertz CT molecular complexity index is 433. The summed E-state index contributed by atoms with van der Waals surface area (Å²) in [6, 6.07) is 6.61. The summed E-state index contributed by atoms with van der Waals surface area (Å²) < 4.78 is 12.7. The number of aliphatic imine (C=N–C) groups is 1. The summed E-state index contributed by atoms with van der Waals surface area (Å²) in [6.07, 6.45) is 4.72. The lowest BCUT2D eigenvalue weighted by Gasteiger charge is -2.27. The van der Waals surface area contributed by atoms with Crippen molar-refractivity contribution in [1.29, 1.82) is 0 Å². The van der Waals surface area contributed by atoms with Gasteiger partial charge in [0.15, 0.2) is 5.96 Å². The second kappa shape index (κ2) is 10.3. The van der Waals surface area contributed by atoms with Crippen molar-refractivity contribution in [2.45, 2.75) is 30.6 Å². The zero-order chi connectivity index (χ0) is 14.2. The molecule has 0 atom stereocenters. The van der Waals surface area contributed by atoms with Crippen LogP contribution in [0.15, 0.2) is 34.2 Å². The maximum atomic E-state index is 12.7. The lowest BCUT2D eigenvalue weighted by molar-refractivity contribution is 0.338. The van der Waals surface area contributed by atoms with Crippen molar-refractivity contribution in [3.63, 3.8) is 0 Å². The Labute approximate surface area is 147 Å². The summed E-state index contributed by atoms with van der Waals surface area (Å²) in [4.78, 5) is 7.71. The number of thioether (sulfide) groups is 1. The van der Waals surface area contributed by atoms with Crippen LogP contribution < -0.4 is 5.73 Å². The molecule has 0 unspecified atom stereocenters. The number of piperidine rings is 1. The first-order valence-electron chi connectivity index (χ1n) is 7.19. The van der Waals surface area contributed by atoms with Crippen LogP contribution >= 0.6 is 35.7 Å². The normalized spacial score (nSPS) is 15.7. The Kier molecular flexibility index (Phi) is 9.07. The Morgan fingerprint density at radius 1 is 1.19 bits per heavy atom. The van der Waals surface area contributed by atoms with Gasteiger partial charge in [0.2, 0.25) is 0 Å². The van der Waals surface area contributed by atoms with Gasteiger partial charge in [-0.05, 0) is 55.7 Å². The molecule has 0 aromatic heterocycles. The van der Waals surface area contributed by atoms with E-state index in [1.165, 1.54) is 31.4 Å². The molecule has 2 N–H and O–H groups in total. The molecule has 0 spiro atoms. The van der Waals surface area contributed by atoms with E-state index in [9.17, 15) is 4.39 Å². The number of halogens is 2. The monoisotopic (exact) mass is 423 g/mol. The van der Waals surface area contributed by atoms with Crippen molar-refractivity contribution < 1.29 is 4.39 Å². The number of likely N-dealkylation sites (tertiary alicyclic amines) is 1. The molecule has 0 radical (unpaired) electrons. The summed E-state index contributed by atoms with van der Waals surface area (Å²) in [6.45, 7) is 2.84. The second-order valence-corrected chi connectivity index (χ2v) is 6.11. The van der Waals surface area contributed by atoms with Crippen LogP contribution in [0, 0.1) is 5.82 Å². The number of guanidine groups is 1. The van der Waals surface area contributed by atoms with Gasteiger partial charge < -0.3 is 10.6 Å². The fraction of sp³-hybridized carbons (Fsp3) is 0.533. The first-order chi connectivity index (χ1) is 9.75. The molecule has 1 fully saturated rings. The van der Waals surface area contributed by atoms with Gasteiger partial charge in [0.1, 0.15) is 5.82 Å². The molecule has 1 saturated heterocycles. The molecule has 2 rings (SSSR count). The van der Waals surface area contributed by atoms with Gasteiger partial charge in [0, 0.05) is 24.5 Å². The van der Waals surface area contributed by atoms with Crippen molar-refractivity contribution in [2.24, 2.45) is 10.7 Å². The average molecular weight is 423 g/mol. The Morgan fingerprint density at radius 3 is 2.52 bits per heavy atom. The summed E-state index contributed by atoms with van der Waals surface area (Å²) in [5.41, 5.74) is 5.99. The standard InChI is InChI=1S/C15H22FN3S.HI/c16-13-5-7-14(8-6-13)20-12-4-9-18-15(17)19-10-2-1-3-11-19;/h5-8H,1-4,9-12H2,(H2,17,18);1H. The van der Waals surface area contributed by atoms with Gasteiger partial charge in [0.25, 0.3) is 0 Å². The molecule has 1 aliphatic rings. The fourth-order valence-corrected chi connectivity index (χ4v) is 3.04. The average Bonchev–Trinajstić information content (AvgIpc) is 2.49. The third-order valence-corrected chi connectivity index (χ3v) is 4.44. The molecule has 1 aliphatic heterocycles. The van der Waals surface area contributed by atoms with Crippen LogP contribution in [0.1, 0.15) is 25.7 Å². The quantitative estimate of drug-likeness (QED) is 0.258. The van der Waals surface area contributed by atoms with Crippen LogP contribution in [0.5, 0.6) is 0 Å².